The van der Waals surface area contributed by atoms with Crippen molar-refractivity contribution in [2.75, 3.05) is 27.2 Å². The van der Waals surface area contributed by atoms with Gasteiger partial charge in [0.15, 0.2) is 0 Å². The number of benzene rings is 1. The average Bonchev–Trinajstić information content (AvgIpc) is 3.25. The Morgan fingerprint density at radius 1 is 1.33 bits per heavy atom. The zero-order valence-electron chi connectivity index (χ0n) is 13.0. The van der Waals surface area contributed by atoms with Crippen LogP contribution >= 0.6 is 0 Å². The van der Waals surface area contributed by atoms with Crippen LogP contribution in [0.2, 0.25) is 0 Å². The second kappa shape index (κ2) is 6.87. The molecule has 1 aliphatic carbocycles. The fraction of sp³-hybridized carbons (Fsp3) is 0.600. The maximum Gasteiger partial charge on any atom is 0.240 e. The van der Waals surface area contributed by atoms with Crippen molar-refractivity contribution in [3.8, 4) is 0 Å². The van der Waals surface area contributed by atoms with Gasteiger partial charge in [-0.2, -0.15) is 0 Å². The predicted octanol–water partition coefficient (Wildman–Crippen LogP) is 1.09. The molecule has 0 saturated heterocycles. The Labute approximate surface area is 127 Å². The average molecular weight is 311 g/mol. The lowest BCUT2D eigenvalue weighted by molar-refractivity contribution is 0.329. The maximum absolute atomic E-state index is 12.4. The summed E-state index contributed by atoms with van der Waals surface area (Å²) in [5, 5.41) is 3.04. The predicted molar refractivity (Wildman–Crippen MR) is 84.8 cm³/mol. The third-order valence-electron chi connectivity index (χ3n) is 3.85. The van der Waals surface area contributed by atoms with Crippen molar-refractivity contribution in [1.82, 2.24) is 14.9 Å². The van der Waals surface area contributed by atoms with Gasteiger partial charge >= 0.3 is 0 Å². The Balaban J connectivity index is 2.01. The molecule has 1 fully saturated rings. The third-order valence-corrected chi connectivity index (χ3v) is 5.45. The highest BCUT2D eigenvalue weighted by atomic mass is 32.2. The summed E-state index contributed by atoms with van der Waals surface area (Å²) >= 11 is 0. The molecule has 0 heterocycles. The van der Waals surface area contributed by atoms with Crippen molar-refractivity contribution in [3.63, 3.8) is 0 Å². The number of nitrogens with one attached hydrogen (secondary N) is 2. The number of nitrogens with zero attached hydrogens (tertiary/aromatic N) is 1. The van der Waals surface area contributed by atoms with Crippen LogP contribution in [0.25, 0.3) is 0 Å². The number of aryl methyl sites for hydroxylation is 1. The van der Waals surface area contributed by atoms with Gasteiger partial charge in [0.25, 0.3) is 0 Å². The highest BCUT2D eigenvalue weighted by Crippen LogP contribution is 2.24. The largest absolute Gasteiger partial charge is 0.316 e. The Morgan fingerprint density at radius 3 is 2.67 bits per heavy atom. The smallest absolute Gasteiger partial charge is 0.240 e. The Hall–Kier alpha value is -0.950. The molecule has 0 spiro atoms. The van der Waals surface area contributed by atoms with E-state index in [9.17, 15) is 8.42 Å². The lowest BCUT2D eigenvalue weighted by Gasteiger charge is -2.16. The van der Waals surface area contributed by atoms with Crippen molar-refractivity contribution >= 4 is 10.0 Å². The molecule has 6 heteroatoms. The van der Waals surface area contributed by atoms with Crippen LogP contribution in [0.1, 0.15) is 24.0 Å². The number of sulfonamides is 1. The van der Waals surface area contributed by atoms with Gasteiger partial charge in [0.05, 0.1) is 4.90 Å². The highest BCUT2D eigenvalue weighted by molar-refractivity contribution is 7.89. The first kappa shape index (κ1) is 16.4. The van der Waals surface area contributed by atoms with Gasteiger partial charge < -0.3 is 10.2 Å². The summed E-state index contributed by atoms with van der Waals surface area (Å²) in [5.41, 5.74) is 1.75. The summed E-state index contributed by atoms with van der Waals surface area (Å²) in [4.78, 5) is 2.59. The summed E-state index contributed by atoms with van der Waals surface area (Å²) in [6, 6.07) is 6.21. The summed E-state index contributed by atoms with van der Waals surface area (Å²) in [7, 11) is 0.456. The minimum Gasteiger partial charge on any atom is -0.316 e. The number of rotatable bonds is 8. The summed E-state index contributed by atoms with van der Waals surface area (Å²) in [5.74, 6) is 0. The molecule has 0 bridgehead atoms. The second-order valence-electron chi connectivity index (χ2n) is 5.74. The Morgan fingerprint density at radius 2 is 2.05 bits per heavy atom. The van der Waals surface area contributed by atoms with Crippen molar-refractivity contribution in [2.45, 2.75) is 37.2 Å². The molecule has 1 saturated carbocycles. The fourth-order valence-electron chi connectivity index (χ4n) is 2.38. The lowest BCUT2D eigenvalue weighted by atomic mass is 10.1. The van der Waals surface area contributed by atoms with Gasteiger partial charge in [0.1, 0.15) is 0 Å². The van der Waals surface area contributed by atoms with Crippen LogP contribution in [0.3, 0.4) is 0 Å². The molecule has 5 nitrogen and oxygen atoms in total. The number of likely N-dealkylation sites (N-methyl/N-ethyl adjacent to an activating group) is 1. The van der Waals surface area contributed by atoms with Gasteiger partial charge in [-0.05, 0) is 51.1 Å². The zero-order valence-corrected chi connectivity index (χ0v) is 13.8. The molecular formula is C15H25N3O2S. The molecule has 0 radical (unpaired) electrons. The van der Waals surface area contributed by atoms with E-state index in [4.69, 9.17) is 0 Å². The van der Waals surface area contributed by atoms with E-state index >= 15 is 0 Å². The molecule has 1 aromatic carbocycles. The molecule has 0 aliphatic heterocycles. The topological polar surface area (TPSA) is 61.4 Å². The summed E-state index contributed by atoms with van der Waals surface area (Å²) < 4.78 is 27.6. The molecule has 1 aromatic rings. The molecule has 1 aliphatic rings. The normalized spacial score (nSPS) is 15.6. The molecule has 0 atom stereocenters. The molecule has 0 amide bonds. The van der Waals surface area contributed by atoms with Crippen LogP contribution in [0, 0.1) is 6.92 Å². The minimum absolute atomic E-state index is 0.379. The number of hydrogen-bond donors (Lipinski definition) is 2. The molecule has 2 rings (SSSR count). The van der Waals surface area contributed by atoms with E-state index < -0.39 is 10.0 Å². The van der Waals surface area contributed by atoms with Crippen LogP contribution in [0.15, 0.2) is 23.1 Å². The van der Waals surface area contributed by atoms with E-state index in [1.165, 1.54) is 12.8 Å². The van der Waals surface area contributed by atoms with Gasteiger partial charge in [-0.1, -0.05) is 12.1 Å². The minimum atomic E-state index is -3.44. The summed E-state index contributed by atoms with van der Waals surface area (Å²) in [6.07, 6.45) is 2.46. The van der Waals surface area contributed by atoms with Gasteiger partial charge in [0, 0.05) is 25.7 Å². The monoisotopic (exact) mass is 311 g/mol. The van der Waals surface area contributed by atoms with E-state index in [0.29, 0.717) is 24.0 Å². The van der Waals surface area contributed by atoms with E-state index in [2.05, 4.69) is 14.9 Å². The summed E-state index contributed by atoms with van der Waals surface area (Å²) in [6.45, 7) is 3.69. The van der Waals surface area contributed by atoms with E-state index in [1.807, 2.05) is 33.2 Å². The lowest BCUT2D eigenvalue weighted by Crippen LogP contribution is -2.34. The Kier molecular flexibility index (Phi) is 5.37. The van der Waals surface area contributed by atoms with Crippen LogP contribution in [0.5, 0.6) is 0 Å². The van der Waals surface area contributed by atoms with Gasteiger partial charge in [-0.25, -0.2) is 13.1 Å². The molecular weight excluding hydrogens is 286 g/mol. The van der Waals surface area contributed by atoms with Crippen molar-refractivity contribution in [1.29, 1.82) is 0 Å². The van der Waals surface area contributed by atoms with Crippen LogP contribution < -0.4 is 10.0 Å². The Bertz CT molecular complexity index is 583. The van der Waals surface area contributed by atoms with E-state index in [1.54, 1.807) is 6.07 Å². The molecule has 21 heavy (non-hydrogen) atoms. The first-order valence-electron chi connectivity index (χ1n) is 7.38. The zero-order chi connectivity index (χ0) is 15.5. The standard InChI is InChI=1S/C15H25N3O2S/c1-12-4-5-13(11-16-2)10-15(12)21(19,20)17-8-9-18(3)14-6-7-14/h4-5,10,14,16-17H,6-9,11H2,1-3H3. The van der Waals surface area contributed by atoms with Crippen molar-refractivity contribution < 1.29 is 8.42 Å². The van der Waals surface area contributed by atoms with Crippen molar-refractivity contribution in [3.05, 3.63) is 29.3 Å². The second-order valence-corrected chi connectivity index (χ2v) is 7.48. The number of hydrogen-bond acceptors (Lipinski definition) is 4. The highest BCUT2D eigenvalue weighted by Gasteiger charge is 2.26. The van der Waals surface area contributed by atoms with Crippen LogP contribution in [-0.2, 0) is 16.6 Å². The van der Waals surface area contributed by atoms with Crippen molar-refractivity contribution in [2.24, 2.45) is 0 Å². The van der Waals surface area contributed by atoms with Gasteiger partial charge in [-0.15, -0.1) is 0 Å². The molecule has 118 valence electrons. The third kappa shape index (κ3) is 4.51. The first-order valence-corrected chi connectivity index (χ1v) is 8.86. The van der Waals surface area contributed by atoms with Gasteiger partial charge in [0.2, 0.25) is 10.0 Å². The van der Waals surface area contributed by atoms with Crippen LogP contribution in [-0.4, -0.2) is 46.5 Å². The first-order chi connectivity index (χ1) is 9.94. The molecule has 0 unspecified atom stereocenters. The quantitative estimate of drug-likeness (QED) is 0.754. The SMILES string of the molecule is CNCc1ccc(C)c(S(=O)(=O)NCCN(C)C2CC2)c1. The fourth-order valence-corrected chi connectivity index (χ4v) is 3.69. The molecule has 0 aromatic heterocycles. The molecule has 2 N–H and O–H groups in total. The van der Waals surface area contributed by atoms with Gasteiger partial charge in [-0.3, -0.25) is 0 Å². The van der Waals surface area contributed by atoms with Crippen LogP contribution in [0.4, 0.5) is 0 Å². The maximum atomic E-state index is 12.4. The van der Waals surface area contributed by atoms with E-state index in [-0.39, 0.29) is 0 Å². The van der Waals surface area contributed by atoms with E-state index in [0.717, 1.165) is 17.7 Å².